The maximum absolute atomic E-state index is 11.3. The first-order valence-electron chi connectivity index (χ1n) is 8.38. The first kappa shape index (κ1) is 22.0. The molecule has 30 heavy (non-hydrogen) atoms. The van der Waals surface area contributed by atoms with E-state index >= 15 is 0 Å². The summed E-state index contributed by atoms with van der Waals surface area (Å²) in [5.41, 5.74) is 1.71. The van der Waals surface area contributed by atoms with E-state index in [4.69, 9.17) is 34.6 Å². The van der Waals surface area contributed by atoms with Crippen LogP contribution in [0.1, 0.15) is 11.1 Å². The molecule has 2 aromatic carbocycles. The summed E-state index contributed by atoms with van der Waals surface area (Å²) >= 11 is 12.2. The monoisotopic (exact) mass is 474 g/mol. The normalized spacial score (nSPS) is 18.3. The van der Waals surface area contributed by atoms with Gasteiger partial charge in [-0.3, -0.25) is 9.59 Å². The molecule has 2 aromatic rings. The van der Waals surface area contributed by atoms with Crippen LogP contribution >= 0.6 is 48.0 Å². The maximum atomic E-state index is 11.3. The molecule has 0 radical (unpaired) electrons. The Bertz CT molecular complexity index is 989. The van der Waals surface area contributed by atoms with Gasteiger partial charge in [-0.05, 0) is 47.5 Å². The van der Waals surface area contributed by atoms with Crippen LogP contribution in [-0.2, 0) is 9.59 Å². The fourth-order valence-electron chi connectivity index (χ4n) is 2.29. The van der Waals surface area contributed by atoms with Gasteiger partial charge in [0.15, 0.2) is 0 Å². The predicted molar refractivity (Wildman–Crippen MR) is 129 cm³/mol. The molecule has 6 nitrogen and oxygen atoms in total. The van der Waals surface area contributed by atoms with Crippen molar-refractivity contribution < 1.29 is 19.8 Å². The van der Waals surface area contributed by atoms with Crippen LogP contribution in [0.25, 0.3) is 12.2 Å². The SMILES string of the molecule is O=C1NC(=S)S/C1=C\c1ccc(O)cc1.O=C1NC(=S)S/C1=C\c1ccc(O)cc1. The summed E-state index contributed by atoms with van der Waals surface area (Å²) in [6, 6.07) is 13.2. The molecule has 2 heterocycles. The molecule has 4 N–H and O–H groups in total. The second kappa shape index (κ2) is 9.90. The first-order chi connectivity index (χ1) is 14.3. The van der Waals surface area contributed by atoms with Gasteiger partial charge in [0.25, 0.3) is 11.8 Å². The molecule has 2 fully saturated rings. The Morgan fingerprint density at radius 3 is 1.27 bits per heavy atom. The van der Waals surface area contributed by atoms with Gasteiger partial charge in [0, 0.05) is 0 Å². The summed E-state index contributed by atoms with van der Waals surface area (Å²) in [7, 11) is 0. The minimum Gasteiger partial charge on any atom is -0.508 e. The molecule has 0 unspecified atom stereocenters. The van der Waals surface area contributed by atoms with E-state index in [9.17, 15) is 9.59 Å². The van der Waals surface area contributed by atoms with Gasteiger partial charge in [0.05, 0.1) is 9.81 Å². The third-order valence-electron chi connectivity index (χ3n) is 3.67. The van der Waals surface area contributed by atoms with Crippen LogP contribution in [0.4, 0.5) is 0 Å². The van der Waals surface area contributed by atoms with E-state index < -0.39 is 0 Å². The molecule has 0 aliphatic carbocycles. The van der Waals surface area contributed by atoms with E-state index in [1.807, 2.05) is 0 Å². The Morgan fingerprint density at radius 1 is 0.667 bits per heavy atom. The number of amides is 2. The zero-order valence-corrected chi connectivity index (χ0v) is 18.4. The molecule has 0 spiro atoms. The highest BCUT2D eigenvalue weighted by Crippen LogP contribution is 2.27. The second-order valence-electron chi connectivity index (χ2n) is 5.89. The van der Waals surface area contributed by atoms with Gasteiger partial charge >= 0.3 is 0 Å². The molecule has 2 saturated heterocycles. The third-order valence-corrected chi connectivity index (χ3v) is 5.99. The minimum atomic E-state index is -0.168. The van der Waals surface area contributed by atoms with E-state index in [1.54, 1.807) is 60.7 Å². The Balaban J connectivity index is 0.000000171. The summed E-state index contributed by atoms with van der Waals surface area (Å²) in [6.07, 6.45) is 3.47. The van der Waals surface area contributed by atoms with Crippen LogP contribution in [0.5, 0.6) is 11.5 Å². The van der Waals surface area contributed by atoms with Crippen LogP contribution in [0.15, 0.2) is 58.3 Å². The molecule has 152 valence electrons. The van der Waals surface area contributed by atoms with Crippen molar-refractivity contribution in [2.24, 2.45) is 0 Å². The van der Waals surface area contributed by atoms with E-state index in [-0.39, 0.29) is 23.3 Å². The smallest absolute Gasteiger partial charge is 0.263 e. The Labute approximate surface area is 191 Å². The van der Waals surface area contributed by atoms with Crippen molar-refractivity contribution in [2.45, 2.75) is 0 Å². The molecule has 0 aromatic heterocycles. The van der Waals surface area contributed by atoms with Crippen molar-refractivity contribution in [3.63, 3.8) is 0 Å². The number of benzene rings is 2. The third kappa shape index (κ3) is 6.17. The van der Waals surface area contributed by atoms with Gasteiger partial charge in [-0.1, -0.05) is 72.2 Å². The fraction of sp³-hybridized carbons (Fsp3) is 0. The average Bonchev–Trinajstić information content (AvgIpc) is 3.19. The van der Waals surface area contributed by atoms with Crippen molar-refractivity contribution in [3.8, 4) is 11.5 Å². The lowest BCUT2D eigenvalue weighted by atomic mass is 10.2. The van der Waals surface area contributed by atoms with Crippen molar-refractivity contribution in [2.75, 3.05) is 0 Å². The number of nitrogens with one attached hydrogen (secondary N) is 2. The molecule has 4 rings (SSSR count). The van der Waals surface area contributed by atoms with Crippen LogP contribution in [0.2, 0.25) is 0 Å². The molecule has 0 atom stereocenters. The van der Waals surface area contributed by atoms with Crippen LogP contribution < -0.4 is 10.6 Å². The van der Waals surface area contributed by atoms with E-state index in [1.165, 1.54) is 23.5 Å². The second-order valence-corrected chi connectivity index (χ2v) is 9.33. The molecule has 10 heteroatoms. The van der Waals surface area contributed by atoms with Crippen LogP contribution in [0.3, 0.4) is 0 Å². The highest BCUT2D eigenvalue weighted by Gasteiger charge is 2.22. The van der Waals surface area contributed by atoms with Gasteiger partial charge < -0.3 is 20.8 Å². The Hall–Kier alpha value is -2.66. The number of phenolic OH excluding ortho intramolecular Hbond substituents is 2. The number of hydrogen-bond acceptors (Lipinski definition) is 8. The number of phenols is 2. The van der Waals surface area contributed by atoms with Gasteiger partial charge in [-0.2, -0.15) is 0 Å². The number of rotatable bonds is 2. The molecule has 2 aliphatic heterocycles. The zero-order chi connectivity index (χ0) is 21.7. The number of carbonyl (C=O) groups is 2. The van der Waals surface area contributed by atoms with Gasteiger partial charge in [0.2, 0.25) is 0 Å². The molecule has 0 saturated carbocycles. The number of hydrogen-bond donors (Lipinski definition) is 4. The summed E-state index contributed by atoms with van der Waals surface area (Å²) in [4.78, 5) is 23.8. The van der Waals surface area contributed by atoms with Crippen molar-refractivity contribution in [1.82, 2.24) is 10.6 Å². The van der Waals surface area contributed by atoms with E-state index in [0.29, 0.717) is 18.5 Å². The van der Waals surface area contributed by atoms with Crippen molar-refractivity contribution in [3.05, 3.63) is 69.5 Å². The largest absolute Gasteiger partial charge is 0.508 e. The molecule has 0 bridgehead atoms. The minimum absolute atomic E-state index is 0.168. The lowest BCUT2D eigenvalue weighted by Gasteiger charge is -1.95. The van der Waals surface area contributed by atoms with E-state index in [2.05, 4.69) is 10.6 Å². The number of aromatic hydroxyl groups is 2. The van der Waals surface area contributed by atoms with E-state index in [0.717, 1.165) is 11.1 Å². The highest BCUT2D eigenvalue weighted by molar-refractivity contribution is 8.27. The zero-order valence-electron chi connectivity index (χ0n) is 15.1. The lowest BCUT2D eigenvalue weighted by molar-refractivity contribution is -0.116. The highest BCUT2D eigenvalue weighted by atomic mass is 32.2. The lowest BCUT2D eigenvalue weighted by Crippen LogP contribution is -2.17. The summed E-state index contributed by atoms with van der Waals surface area (Å²) < 4.78 is 0.954. The van der Waals surface area contributed by atoms with Crippen molar-refractivity contribution in [1.29, 1.82) is 0 Å². The number of thiocarbonyl (C=S) groups is 2. The maximum Gasteiger partial charge on any atom is 0.263 e. The van der Waals surface area contributed by atoms with Gasteiger partial charge in [-0.25, -0.2) is 0 Å². The molecule has 2 amide bonds. The summed E-state index contributed by atoms with van der Waals surface area (Å²) in [5, 5.41) is 23.2. The molecule has 2 aliphatic rings. The first-order valence-corrected chi connectivity index (χ1v) is 10.8. The molecular formula is C20H14N2O4S4. The number of thioether (sulfide) groups is 2. The fourth-order valence-corrected chi connectivity index (χ4v) is 4.37. The van der Waals surface area contributed by atoms with Crippen LogP contribution in [-0.4, -0.2) is 30.7 Å². The Kier molecular flexibility index (Phi) is 7.27. The van der Waals surface area contributed by atoms with Gasteiger partial charge in [-0.15, -0.1) is 0 Å². The standard InChI is InChI=1S/2C10H7NO2S2/c2*12-7-3-1-6(2-4-7)5-8-9(13)11-10(14)15-8/h2*1-5,12H,(H,11,13,14)/b2*8-5-. The summed E-state index contributed by atoms with van der Waals surface area (Å²) in [5.74, 6) is 0.0727. The summed E-state index contributed by atoms with van der Waals surface area (Å²) in [6.45, 7) is 0. The van der Waals surface area contributed by atoms with Crippen molar-refractivity contribution >= 4 is 80.6 Å². The predicted octanol–water partition coefficient (Wildman–Crippen LogP) is 3.76. The number of carbonyl (C=O) groups excluding carboxylic acids is 2. The quantitative estimate of drug-likeness (QED) is 0.386. The average molecular weight is 475 g/mol. The van der Waals surface area contributed by atoms with Crippen LogP contribution in [0, 0.1) is 0 Å². The van der Waals surface area contributed by atoms with Gasteiger partial charge in [0.1, 0.15) is 20.1 Å². The Morgan fingerprint density at radius 2 is 1.00 bits per heavy atom. The topological polar surface area (TPSA) is 98.7 Å². The molecular weight excluding hydrogens is 460 g/mol.